The number of carbonyl (C=O) groups is 2. The van der Waals surface area contributed by atoms with Gasteiger partial charge in [-0.15, -0.1) is 0 Å². The van der Waals surface area contributed by atoms with Gasteiger partial charge in [0.1, 0.15) is 11.3 Å². The van der Waals surface area contributed by atoms with Crippen molar-refractivity contribution in [1.29, 1.82) is 0 Å². The highest BCUT2D eigenvalue weighted by Gasteiger charge is 2.52. The van der Waals surface area contributed by atoms with E-state index in [1.54, 1.807) is 18.2 Å². The summed E-state index contributed by atoms with van der Waals surface area (Å²) >= 11 is 0. The van der Waals surface area contributed by atoms with E-state index < -0.39 is 23.3 Å². The summed E-state index contributed by atoms with van der Waals surface area (Å²) in [6.45, 7) is 5.21. The summed E-state index contributed by atoms with van der Waals surface area (Å²) < 4.78 is 56.7. The van der Waals surface area contributed by atoms with Crippen LogP contribution in [0.1, 0.15) is 76.0 Å². The molecule has 4 rings (SSSR count). The van der Waals surface area contributed by atoms with Gasteiger partial charge in [0.25, 0.3) is 5.91 Å². The van der Waals surface area contributed by atoms with Gasteiger partial charge in [-0.3, -0.25) is 9.69 Å². The van der Waals surface area contributed by atoms with E-state index in [9.17, 15) is 27.9 Å². The quantitative estimate of drug-likeness (QED) is 0.226. The Morgan fingerprint density at radius 3 is 2.49 bits per heavy atom. The summed E-state index contributed by atoms with van der Waals surface area (Å²) in [5.74, 6) is 1.27. The molecule has 11 heteroatoms. The predicted molar refractivity (Wildman–Crippen MR) is 145 cm³/mol. The third-order valence-electron chi connectivity index (χ3n) is 7.67. The average molecular weight is 579 g/mol. The standard InChI is InChI=1S/C30H37F3N2O6/c1-4-6-14-29(22-11-13-24-25(18-22)41-19-40-24)26(36)35(27(37)34-29)15-7-8-16-39-23-12-10-21(17-20(23)9-5-2)28(3,38)30(31,32)33/h10-13,17-18,38H,4-9,14-16,19H2,1-3H3,(H,34,37). The number of rotatable bonds is 13. The third-order valence-corrected chi connectivity index (χ3v) is 7.67. The van der Waals surface area contributed by atoms with E-state index in [4.69, 9.17) is 14.2 Å². The highest BCUT2D eigenvalue weighted by molar-refractivity contribution is 6.07. The van der Waals surface area contributed by atoms with Crippen molar-refractivity contribution in [3.8, 4) is 17.2 Å². The van der Waals surface area contributed by atoms with E-state index in [0.29, 0.717) is 60.5 Å². The van der Waals surface area contributed by atoms with Crippen molar-refractivity contribution >= 4 is 11.9 Å². The maximum atomic E-state index is 13.7. The van der Waals surface area contributed by atoms with Gasteiger partial charge in [0, 0.05) is 6.54 Å². The van der Waals surface area contributed by atoms with E-state index in [2.05, 4.69) is 5.32 Å². The van der Waals surface area contributed by atoms with Crippen LogP contribution in [-0.4, -0.2) is 48.1 Å². The summed E-state index contributed by atoms with van der Waals surface area (Å²) in [6, 6.07) is 8.83. The number of ether oxygens (including phenoxy) is 3. The largest absolute Gasteiger partial charge is 0.493 e. The molecule has 2 aliphatic heterocycles. The number of nitrogens with one attached hydrogen (secondary N) is 1. The first-order valence-electron chi connectivity index (χ1n) is 14.0. The molecule has 8 nitrogen and oxygen atoms in total. The number of fused-ring (bicyclic) bond motifs is 1. The van der Waals surface area contributed by atoms with Gasteiger partial charge in [0.05, 0.1) is 6.61 Å². The van der Waals surface area contributed by atoms with Gasteiger partial charge in [0.2, 0.25) is 6.79 Å². The Balaban J connectivity index is 1.38. The van der Waals surface area contributed by atoms with Crippen molar-refractivity contribution in [2.45, 2.75) is 83.0 Å². The summed E-state index contributed by atoms with van der Waals surface area (Å²) in [5, 5.41) is 13.0. The van der Waals surface area contributed by atoms with Crippen molar-refractivity contribution in [2.75, 3.05) is 19.9 Å². The minimum Gasteiger partial charge on any atom is -0.493 e. The van der Waals surface area contributed by atoms with Crippen molar-refractivity contribution in [3.05, 3.63) is 53.1 Å². The summed E-state index contributed by atoms with van der Waals surface area (Å²) in [4.78, 5) is 27.9. The number of urea groups is 1. The Morgan fingerprint density at radius 2 is 1.78 bits per heavy atom. The topological polar surface area (TPSA) is 97.3 Å². The zero-order chi connectivity index (χ0) is 29.8. The van der Waals surface area contributed by atoms with Crippen LogP contribution >= 0.6 is 0 Å². The Bertz CT molecular complexity index is 1270. The number of hydrogen-bond donors (Lipinski definition) is 2. The lowest BCUT2D eigenvalue weighted by Crippen LogP contribution is -2.44. The highest BCUT2D eigenvalue weighted by atomic mass is 19.4. The minimum atomic E-state index is -4.81. The number of carbonyl (C=O) groups excluding carboxylic acids is 2. The Morgan fingerprint density at radius 1 is 1.02 bits per heavy atom. The predicted octanol–water partition coefficient (Wildman–Crippen LogP) is 5.93. The first-order valence-corrected chi connectivity index (χ1v) is 14.0. The first kappa shape index (κ1) is 30.5. The zero-order valence-corrected chi connectivity index (χ0v) is 23.6. The molecule has 0 saturated carbocycles. The molecule has 41 heavy (non-hydrogen) atoms. The molecule has 0 aliphatic carbocycles. The second-order valence-electron chi connectivity index (χ2n) is 10.7. The third kappa shape index (κ3) is 6.10. The van der Waals surface area contributed by atoms with Crippen LogP contribution in [-0.2, 0) is 22.4 Å². The van der Waals surface area contributed by atoms with Gasteiger partial charge in [-0.05, 0) is 73.6 Å². The van der Waals surface area contributed by atoms with Crippen LogP contribution in [0.5, 0.6) is 17.2 Å². The number of aryl methyl sites for hydroxylation is 1. The monoisotopic (exact) mass is 578 g/mol. The van der Waals surface area contributed by atoms with Gasteiger partial charge in [-0.1, -0.05) is 45.2 Å². The van der Waals surface area contributed by atoms with E-state index >= 15 is 0 Å². The summed E-state index contributed by atoms with van der Waals surface area (Å²) in [5.41, 5.74) is -3.17. The molecule has 2 aromatic rings. The van der Waals surface area contributed by atoms with Gasteiger partial charge in [0.15, 0.2) is 17.1 Å². The van der Waals surface area contributed by atoms with Crippen molar-refractivity contribution < 1.29 is 42.1 Å². The number of nitrogens with zero attached hydrogens (tertiary/aromatic N) is 1. The average Bonchev–Trinajstić information content (AvgIpc) is 3.49. The second kappa shape index (κ2) is 12.2. The Labute approximate surface area is 237 Å². The Hall–Kier alpha value is -3.47. The molecule has 224 valence electrons. The smallest absolute Gasteiger partial charge is 0.421 e. The fourth-order valence-electron chi connectivity index (χ4n) is 5.15. The van der Waals surface area contributed by atoms with Crippen LogP contribution in [0, 0.1) is 0 Å². The molecule has 2 N–H and O–H groups in total. The second-order valence-corrected chi connectivity index (χ2v) is 10.7. The fraction of sp³-hybridized carbons (Fsp3) is 0.533. The molecular formula is C30H37F3N2O6. The molecule has 2 atom stereocenters. The van der Waals surface area contributed by atoms with Crippen LogP contribution in [0.25, 0.3) is 0 Å². The van der Waals surface area contributed by atoms with E-state index in [-0.39, 0.29) is 31.4 Å². The lowest BCUT2D eigenvalue weighted by Gasteiger charge is -2.27. The van der Waals surface area contributed by atoms with Crippen LogP contribution in [0.15, 0.2) is 36.4 Å². The number of imide groups is 1. The fourth-order valence-corrected chi connectivity index (χ4v) is 5.15. The van der Waals surface area contributed by atoms with Gasteiger partial charge >= 0.3 is 12.2 Å². The maximum Gasteiger partial charge on any atom is 0.421 e. The van der Waals surface area contributed by atoms with Gasteiger partial charge < -0.3 is 24.6 Å². The number of alkyl halides is 3. The molecule has 2 heterocycles. The number of benzene rings is 2. The van der Waals surface area contributed by atoms with E-state index in [1.807, 2.05) is 13.8 Å². The molecule has 0 radical (unpaired) electrons. The summed E-state index contributed by atoms with van der Waals surface area (Å²) in [7, 11) is 0. The van der Waals surface area contributed by atoms with Gasteiger partial charge in [-0.2, -0.15) is 13.2 Å². The molecule has 1 saturated heterocycles. The molecular weight excluding hydrogens is 541 g/mol. The number of unbranched alkanes of at least 4 members (excludes halogenated alkanes) is 2. The summed E-state index contributed by atoms with van der Waals surface area (Å²) in [6.07, 6.45) is -0.617. The maximum absolute atomic E-state index is 13.7. The zero-order valence-electron chi connectivity index (χ0n) is 23.6. The molecule has 2 aliphatic rings. The van der Waals surface area contributed by atoms with Crippen LogP contribution in [0.2, 0.25) is 0 Å². The molecule has 1 fully saturated rings. The molecule has 2 aromatic carbocycles. The number of aliphatic hydroxyl groups is 1. The lowest BCUT2D eigenvalue weighted by molar-refractivity contribution is -0.258. The van der Waals surface area contributed by atoms with Crippen LogP contribution < -0.4 is 19.5 Å². The van der Waals surface area contributed by atoms with E-state index in [1.165, 1.54) is 23.1 Å². The number of hydrogen-bond acceptors (Lipinski definition) is 6. The normalized spacial score (nSPS) is 19.8. The SMILES string of the molecule is CCCCC1(c2ccc3c(c2)OCO3)NC(=O)N(CCCCOc2ccc(C(C)(O)C(F)(F)F)cc2CCC)C1=O. The molecule has 0 spiro atoms. The first-order chi connectivity index (χ1) is 19.4. The van der Waals surface area contributed by atoms with Crippen molar-refractivity contribution in [3.63, 3.8) is 0 Å². The Kier molecular flexibility index (Phi) is 9.06. The van der Waals surface area contributed by atoms with Crippen molar-refractivity contribution in [1.82, 2.24) is 10.2 Å². The number of amides is 3. The van der Waals surface area contributed by atoms with Crippen LogP contribution in [0.4, 0.5) is 18.0 Å². The van der Waals surface area contributed by atoms with Gasteiger partial charge in [-0.25, -0.2) is 4.79 Å². The molecule has 0 bridgehead atoms. The van der Waals surface area contributed by atoms with Crippen molar-refractivity contribution in [2.24, 2.45) is 0 Å². The minimum absolute atomic E-state index is 0.105. The number of halogens is 3. The highest BCUT2D eigenvalue weighted by Crippen LogP contribution is 2.41. The van der Waals surface area contributed by atoms with E-state index in [0.717, 1.165) is 19.8 Å². The molecule has 0 aromatic heterocycles. The van der Waals surface area contributed by atoms with Crippen LogP contribution in [0.3, 0.4) is 0 Å². The molecule has 2 unspecified atom stereocenters. The lowest BCUT2D eigenvalue weighted by atomic mass is 9.84. The molecule has 3 amide bonds.